The highest BCUT2D eigenvalue weighted by Crippen LogP contribution is 2.19. The quantitative estimate of drug-likeness (QED) is 0.529. The van der Waals surface area contributed by atoms with Gasteiger partial charge in [-0.3, -0.25) is 0 Å². The third kappa shape index (κ3) is 7.14. The van der Waals surface area contributed by atoms with Gasteiger partial charge in [0.2, 0.25) is 10.0 Å². The minimum atomic E-state index is -3.19. The topological polar surface area (TPSA) is 75.4 Å². The largest absolute Gasteiger partial charge is 0.399 e. The number of sulfonamides is 1. The van der Waals surface area contributed by atoms with Crippen molar-refractivity contribution in [1.82, 2.24) is 9.62 Å². The van der Waals surface area contributed by atoms with E-state index in [-0.39, 0.29) is 5.75 Å². The maximum Gasteiger partial charge on any atom is 0.212 e. The van der Waals surface area contributed by atoms with Crippen molar-refractivity contribution in [3.8, 4) is 0 Å². The number of anilines is 1. The summed E-state index contributed by atoms with van der Waals surface area (Å²) >= 11 is 1.52. The Bertz CT molecular complexity index is 489. The lowest BCUT2D eigenvalue weighted by Gasteiger charge is -2.14. The first-order chi connectivity index (χ1) is 9.43. The van der Waals surface area contributed by atoms with Crippen molar-refractivity contribution in [3.63, 3.8) is 0 Å². The summed E-state index contributed by atoms with van der Waals surface area (Å²) in [5.74, 6) is 0.654. The Balaban J connectivity index is 2.27. The number of nitrogens with one attached hydrogen (secondary N) is 1. The van der Waals surface area contributed by atoms with Gasteiger partial charge in [0.15, 0.2) is 0 Å². The number of nitrogens with two attached hydrogens (primary N) is 1. The predicted molar refractivity (Wildman–Crippen MR) is 86.5 cm³/mol. The molecule has 0 bridgehead atoms. The van der Waals surface area contributed by atoms with Crippen LogP contribution in [-0.2, 0) is 10.0 Å². The van der Waals surface area contributed by atoms with Crippen LogP contribution in [0.5, 0.6) is 0 Å². The van der Waals surface area contributed by atoms with E-state index in [1.807, 2.05) is 38.2 Å². The average molecular weight is 317 g/mol. The third-order valence-corrected chi connectivity index (χ3v) is 5.51. The van der Waals surface area contributed by atoms with Gasteiger partial charge in [0.25, 0.3) is 0 Å². The van der Waals surface area contributed by atoms with Gasteiger partial charge >= 0.3 is 0 Å². The SMILES string of the molecule is CCN(C)CCNS(=O)(=O)CCSc1ccc(N)cc1. The molecule has 0 aliphatic heterocycles. The Morgan fingerprint density at radius 3 is 2.55 bits per heavy atom. The molecule has 0 unspecified atom stereocenters. The van der Waals surface area contributed by atoms with E-state index in [4.69, 9.17) is 5.73 Å². The van der Waals surface area contributed by atoms with Gasteiger partial charge in [-0.05, 0) is 37.9 Å². The van der Waals surface area contributed by atoms with Crippen molar-refractivity contribution in [2.75, 3.05) is 43.9 Å². The monoisotopic (exact) mass is 317 g/mol. The van der Waals surface area contributed by atoms with Gasteiger partial charge < -0.3 is 10.6 Å². The third-order valence-electron chi connectivity index (χ3n) is 2.86. The molecule has 114 valence electrons. The molecule has 0 aliphatic rings. The van der Waals surface area contributed by atoms with Crippen molar-refractivity contribution in [1.29, 1.82) is 0 Å². The lowest BCUT2D eigenvalue weighted by Crippen LogP contribution is -2.34. The van der Waals surface area contributed by atoms with Crippen LogP contribution in [-0.4, -0.2) is 51.5 Å². The fraction of sp³-hybridized carbons (Fsp3) is 0.538. The molecular weight excluding hydrogens is 294 g/mol. The fourth-order valence-electron chi connectivity index (χ4n) is 1.46. The normalized spacial score (nSPS) is 11.9. The minimum Gasteiger partial charge on any atom is -0.399 e. The molecule has 7 heteroatoms. The molecule has 0 spiro atoms. The van der Waals surface area contributed by atoms with Gasteiger partial charge in [0.05, 0.1) is 5.75 Å². The van der Waals surface area contributed by atoms with Gasteiger partial charge in [0, 0.05) is 29.4 Å². The van der Waals surface area contributed by atoms with Crippen LogP contribution in [0.3, 0.4) is 0 Å². The molecule has 1 rings (SSSR count). The Morgan fingerprint density at radius 2 is 1.95 bits per heavy atom. The van der Waals surface area contributed by atoms with Crippen LogP contribution < -0.4 is 10.5 Å². The van der Waals surface area contributed by atoms with E-state index in [1.54, 1.807) is 0 Å². The first kappa shape index (κ1) is 17.3. The first-order valence-electron chi connectivity index (χ1n) is 6.57. The number of benzene rings is 1. The molecule has 0 saturated heterocycles. The molecule has 0 heterocycles. The zero-order valence-electron chi connectivity index (χ0n) is 12.0. The van der Waals surface area contributed by atoms with Crippen LogP contribution in [0, 0.1) is 0 Å². The zero-order valence-corrected chi connectivity index (χ0v) is 13.6. The van der Waals surface area contributed by atoms with Crippen LogP contribution in [0.2, 0.25) is 0 Å². The molecule has 0 radical (unpaired) electrons. The molecule has 0 aromatic heterocycles. The molecule has 1 aromatic rings. The summed E-state index contributed by atoms with van der Waals surface area (Å²) in [6.07, 6.45) is 0. The van der Waals surface area contributed by atoms with Crippen molar-refractivity contribution in [2.45, 2.75) is 11.8 Å². The molecule has 0 amide bonds. The lowest BCUT2D eigenvalue weighted by molar-refractivity contribution is 0.358. The van der Waals surface area contributed by atoms with Crippen LogP contribution in [0.15, 0.2) is 29.2 Å². The number of nitrogen functional groups attached to an aromatic ring is 1. The average Bonchev–Trinajstić information content (AvgIpc) is 2.40. The second-order valence-corrected chi connectivity index (χ2v) is 7.62. The van der Waals surface area contributed by atoms with E-state index >= 15 is 0 Å². The summed E-state index contributed by atoms with van der Waals surface area (Å²) in [6, 6.07) is 7.43. The summed E-state index contributed by atoms with van der Waals surface area (Å²) < 4.78 is 26.2. The standard InChI is InChI=1S/C13H23N3O2S2/c1-3-16(2)9-8-15-20(17,18)11-10-19-13-6-4-12(14)5-7-13/h4-7,15H,3,8-11,14H2,1-2H3. The van der Waals surface area contributed by atoms with E-state index < -0.39 is 10.0 Å². The molecule has 0 fully saturated rings. The van der Waals surface area contributed by atoms with E-state index in [0.29, 0.717) is 18.0 Å². The van der Waals surface area contributed by atoms with E-state index in [2.05, 4.69) is 9.62 Å². The smallest absolute Gasteiger partial charge is 0.212 e. The van der Waals surface area contributed by atoms with Gasteiger partial charge in [-0.1, -0.05) is 6.92 Å². The highest BCUT2D eigenvalue weighted by molar-refractivity contribution is 8.00. The first-order valence-corrected chi connectivity index (χ1v) is 9.21. The van der Waals surface area contributed by atoms with E-state index in [9.17, 15) is 8.42 Å². The highest BCUT2D eigenvalue weighted by atomic mass is 32.2. The Hall–Kier alpha value is -0.760. The zero-order chi connectivity index (χ0) is 15.0. The maximum atomic E-state index is 11.8. The van der Waals surface area contributed by atoms with Gasteiger partial charge in [0.1, 0.15) is 0 Å². The summed E-state index contributed by atoms with van der Waals surface area (Å²) in [4.78, 5) is 3.09. The van der Waals surface area contributed by atoms with Gasteiger partial charge in [-0.15, -0.1) is 11.8 Å². The number of hydrogen-bond donors (Lipinski definition) is 2. The second-order valence-electron chi connectivity index (χ2n) is 4.53. The molecule has 0 atom stereocenters. The number of hydrogen-bond acceptors (Lipinski definition) is 5. The molecular formula is C13H23N3O2S2. The number of thioether (sulfide) groups is 1. The molecule has 0 aliphatic carbocycles. The lowest BCUT2D eigenvalue weighted by atomic mass is 10.3. The van der Waals surface area contributed by atoms with Gasteiger partial charge in [-0.2, -0.15) is 0 Å². The predicted octanol–water partition coefficient (Wildman–Crippen LogP) is 1.23. The minimum absolute atomic E-state index is 0.123. The van der Waals surface area contributed by atoms with Crippen molar-refractivity contribution < 1.29 is 8.42 Å². The van der Waals surface area contributed by atoms with Crippen molar-refractivity contribution in [3.05, 3.63) is 24.3 Å². The van der Waals surface area contributed by atoms with Crippen LogP contribution in [0.25, 0.3) is 0 Å². The summed E-state index contributed by atoms with van der Waals surface area (Å²) in [7, 11) is -1.22. The highest BCUT2D eigenvalue weighted by Gasteiger charge is 2.09. The Morgan fingerprint density at radius 1 is 1.30 bits per heavy atom. The van der Waals surface area contributed by atoms with Crippen molar-refractivity contribution >= 4 is 27.5 Å². The second kappa shape index (κ2) is 8.51. The summed E-state index contributed by atoms with van der Waals surface area (Å²) in [5, 5.41) is 0. The molecule has 1 aromatic carbocycles. The summed E-state index contributed by atoms with van der Waals surface area (Å²) in [5.41, 5.74) is 6.31. The maximum absolute atomic E-state index is 11.8. The van der Waals surface area contributed by atoms with Crippen LogP contribution in [0.1, 0.15) is 6.92 Å². The Kier molecular flexibility index (Phi) is 7.36. The molecule has 5 nitrogen and oxygen atoms in total. The number of likely N-dealkylation sites (N-methyl/N-ethyl adjacent to an activating group) is 1. The fourth-order valence-corrected chi connectivity index (χ4v) is 3.78. The number of nitrogens with zero attached hydrogens (tertiary/aromatic N) is 1. The number of rotatable bonds is 9. The molecule has 20 heavy (non-hydrogen) atoms. The van der Waals surface area contributed by atoms with E-state index in [0.717, 1.165) is 18.0 Å². The van der Waals surface area contributed by atoms with Crippen LogP contribution >= 0.6 is 11.8 Å². The van der Waals surface area contributed by atoms with Crippen LogP contribution in [0.4, 0.5) is 5.69 Å². The summed E-state index contributed by atoms with van der Waals surface area (Å²) in [6.45, 7) is 4.13. The van der Waals surface area contributed by atoms with E-state index in [1.165, 1.54) is 11.8 Å². The molecule has 0 saturated carbocycles. The molecule has 3 N–H and O–H groups in total. The van der Waals surface area contributed by atoms with Crippen molar-refractivity contribution in [2.24, 2.45) is 0 Å². The van der Waals surface area contributed by atoms with Gasteiger partial charge in [-0.25, -0.2) is 13.1 Å². The Labute approximate surface area is 126 Å².